The normalized spacial score (nSPS) is 12.8. The summed E-state index contributed by atoms with van der Waals surface area (Å²) in [6.45, 7) is 1.95. The number of alkyl halides is 3. The highest BCUT2D eigenvalue weighted by atomic mass is 19.4. The molecule has 0 spiro atoms. The van der Waals surface area contributed by atoms with E-state index in [1.54, 1.807) is 61.7 Å². The number of ether oxygens (including phenoxy) is 1. The van der Waals surface area contributed by atoms with Crippen molar-refractivity contribution >= 4 is 11.9 Å². The Morgan fingerprint density at radius 3 is 2.23 bits per heavy atom. The van der Waals surface area contributed by atoms with Crippen LogP contribution in [0.3, 0.4) is 0 Å². The zero-order valence-electron chi connectivity index (χ0n) is 21.7. The van der Waals surface area contributed by atoms with Gasteiger partial charge in [-0.1, -0.05) is 60.7 Å². The van der Waals surface area contributed by atoms with E-state index in [0.717, 1.165) is 17.8 Å². The minimum Gasteiger partial charge on any atom is -0.456 e. The van der Waals surface area contributed by atoms with Gasteiger partial charge in [0.2, 0.25) is 0 Å². The predicted molar refractivity (Wildman–Crippen MR) is 145 cm³/mol. The van der Waals surface area contributed by atoms with Crippen molar-refractivity contribution in [3.63, 3.8) is 0 Å². The maximum atomic E-state index is 13.1. The Hall–Kier alpha value is -4.50. The molecule has 0 bridgehead atoms. The third-order valence-electron chi connectivity index (χ3n) is 6.40. The van der Waals surface area contributed by atoms with Crippen molar-refractivity contribution in [3.05, 3.63) is 125 Å². The number of hydrogen-bond acceptors (Lipinski definition) is 5. The number of pyridine rings is 1. The van der Waals surface area contributed by atoms with Crippen LogP contribution in [0.4, 0.5) is 13.2 Å². The van der Waals surface area contributed by atoms with E-state index in [2.05, 4.69) is 10.3 Å². The summed E-state index contributed by atoms with van der Waals surface area (Å²) >= 11 is 0. The molecule has 3 aromatic carbocycles. The van der Waals surface area contributed by atoms with Crippen molar-refractivity contribution < 1.29 is 27.5 Å². The highest BCUT2D eigenvalue weighted by molar-refractivity contribution is 6.01. The van der Waals surface area contributed by atoms with Crippen LogP contribution in [0.2, 0.25) is 0 Å². The molecule has 0 radical (unpaired) electrons. The molecule has 6 nitrogen and oxygen atoms in total. The van der Waals surface area contributed by atoms with Crippen molar-refractivity contribution in [1.82, 2.24) is 10.3 Å². The fourth-order valence-corrected chi connectivity index (χ4v) is 4.26. The predicted octanol–water partition coefficient (Wildman–Crippen LogP) is 6.04. The summed E-state index contributed by atoms with van der Waals surface area (Å²) in [5.74, 6) is -1.04. The summed E-state index contributed by atoms with van der Waals surface area (Å²) < 4.78 is 44.2. The number of carbonyl (C=O) groups is 2. The maximum Gasteiger partial charge on any atom is 0.416 e. The molecule has 0 aliphatic heterocycles. The highest BCUT2D eigenvalue weighted by Crippen LogP contribution is 2.33. The van der Waals surface area contributed by atoms with Crippen LogP contribution in [0.5, 0.6) is 0 Å². The number of halogens is 3. The van der Waals surface area contributed by atoms with Crippen molar-refractivity contribution in [3.8, 4) is 11.1 Å². The number of nitrogens with one attached hydrogen (secondary N) is 1. The molecule has 1 heterocycles. The van der Waals surface area contributed by atoms with Crippen LogP contribution in [-0.2, 0) is 22.1 Å². The van der Waals surface area contributed by atoms with Gasteiger partial charge in [-0.3, -0.25) is 9.78 Å². The van der Waals surface area contributed by atoms with Gasteiger partial charge in [0.1, 0.15) is 12.1 Å². The molecule has 4 rings (SSSR count). The lowest BCUT2D eigenvalue weighted by Gasteiger charge is -2.20. The summed E-state index contributed by atoms with van der Waals surface area (Å²) in [5.41, 5.74) is 8.82. The average Bonchev–Trinajstić information content (AvgIpc) is 2.97. The SMILES string of the molecule is CC(OC(=O)[C@@H](N)c1ccccc1-c1ccccc1C(=O)NCCc1ccccn1)c1ccc(C(F)(F)F)cc1. The number of carbonyl (C=O) groups excluding carboxylic acids is 2. The van der Waals surface area contributed by atoms with E-state index in [1.807, 2.05) is 18.2 Å². The van der Waals surface area contributed by atoms with Crippen molar-refractivity contribution in [2.24, 2.45) is 5.73 Å². The second kappa shape index (κ2) is 12.6. The van der Waals surface area contributed by atoms with Gasteiger partial charge in [-0.2, -0.15) is 13.2 Å². The molecule has 0 saturated heterocycles. The maximum absolute atomic E-state index is 13.1. The molecule has 3 N–H and O–H groups in total. The van der Waals surface area contributed by atoms with Gasteiger partial charge in [0.05, 0.1) is 5.56 Å². The molecule has 1 unspecified atom stereocenters. The quantitative estimate of drug-likeness (QED) is 0.249. The Labute approximate surface area is 230 Å². The van der Waals surface area contributed by atoms with E-state index in [0.29, 0.717) is 40.8 Å². The molecule has 9 heteroatoms. The minimum atomic E-state index is -4.46. The van der Waals surface area contributed by atoms with Gasteiger partial charge in [0.25, 0.3) is 5.91 Å². The van der Waals surface area contributed by atoms with Crippen molar-refractivity contribution in [2.75, 3.05) is 6.54 Å². The molecule has 2 atom stereocenters. The van der Waals surface area contributed by atoms with E-state index in [4.69, 9.17) is 10.5 Å². The molecule has 0 aliphatic carbocycles. The summed E-state index contributed by atoms with van der Waals surface area (Å²) in [4.78, 5) is 30.4. The Kier molecular flexibility index (Phi) is 8.96. The van der Waals surface area contributed by atoms with Gasteiger partial charge in [-0.25, -0.2) is 4.79 Å². The van der Waals surface area contributed by atoms with Gasteiger partial charge in [-0.15, -0.1) is 0 Å². The van der Waals surface area contributed by atoms with Gasteiger partial charge >= 0.3 is 12.1 Å². The number of esters is 1. The third-order valence-corrected chi connectivity index (χ3v) is 6.40. The van der Waals surface area contributed by atoms with Crippen LogP contribution < -0.4 is 11.1 Å². The zero-order valence-corrected chi connectivity index (χ0v) is 21.7. The summed E-state index contributed by atoms with van der Waals surface area (Å²) in [6, 6.07) is 22.7. The Bertz CT molecular complexity index is 1460. The number of aromatic nitrogens is 1. The number of nitrogens with zero attached hydrogens (tertiary/aromatic N) is 1. The number of benzene rings is 3. The van der Waals surface area contributed by atoms with Crippen LogP contribution in [0.1, 0.15) is 51.8 Å². The topological polar surface area (TPSA) is 94.3 Å². The van der Waals surface area contributed by atoms with Gasteiger partial charge in [0, 0.05) is 30.4 Å². The summed E-state index contributed by atoms with van der Waals surface area (Å²) in [6.07, 6.45) is -3.03. The zero-order chi connectivity index (χ0) is 28.7. The first-order valence-corrected chi connectivity index (χ1v) is 12.6. The monoisotopic (exact) mass is 547 g/mol. The van der Waals surface area contributed by atoms with Crippen LogP contribution in [0.15, 0.2) is 97.2 Å². The van der Waals surface area contributed by atoms with Crippen LogP contribution >= 0.6 is 0 Å². The minimum absolute atomic E-state index is 0.284. The smallest absolute Gasteiger partial charge is 0.416 e. The molecular formula is C31H28F3N3O3. The van der Waals surface area contributed by atoms with Gasteiger partial charge < -0.3 is 15.8 Å². The number of rotatable bonds is 9. The Balaban J connectivity index is 1.50. The van der Waals surface area contributed by atoms with Crippen molar-refractivity contribution in [2.45, 2.75) is 31.7 Å². The fraction of sp³-hybridized carbons (Fsp3) is 0.194. The lowest BCUT2D eigenvalue weighted by atomic mass is 9.92. The van der Waals surface area contributed by atoms with E-state index in [-0.39, 0.29) is 5.91 Å². The van der Waals surface area contributed by atoms with E-state index in [9.17, 15) is 22.8 Å². The first kappa shape index (κ1) is 28.5. The number of nitrogens with two attached hydrogens (primary N) is 1. The standard InChI is InChI=1S/C31H28F3N3O3/c1-20(21-13-15-22(16-14-21)31(32,33)34)40-30(39)28(35)26-11-4-2-9-24(26)25-10-3-5-12-27(25)29(38)37-19-17-23-8-6-7-18-36-23/h2-16,18,20,28H,17,19,35H2,1H3,(H,37,38)/t20?,28-/m0/s1. The lowest BCUT2D eigenvalue weighted by molar-refractivity contribution is -0.150. The molecular weight excluding hydrogens is 519 g/mol. The molecule has 0 fully saturated rings. The number of hydrogen-bond donors (Lipinski definition) is 2. The van der Waals surface area contributed by atoms with Crippen molar-refractivity contribution in [1.29, 1.82) is 0 Å². The average molecular weight is 548 g/mol. The number of amides is 1. The van der Waals surface area contributed by atoms with Crippen LogP contribution in [0, 0.1) is 0 Å². The highest BCUT2D eigenvalue weighted by Gasteiger charge is 2.30. The van der Waals surface area contributed by atoms with Gasteiger partial charge in [-0.05, 0) is 59.5 Å². The summed E-state index contributed by atoms with van der Waals surface area (Å²) in [7, 11) is 0. The first-order valence-electron chi connectivity index (χ1n) is 12.6. The molecule has 1 aromatic heterocycles. The van der Waals surface area contributed by atoms with E-state index in [1.165, 1.54) is 12.1 Å². The fourth-order valence-electron chi connectivity index (χ4n) is 4.26. The van der Waals surface area contributed by atoms with Crippen LogP contribution in [0.25, 0.3) is 11.1 Å². The third kappa shape index (κ3) is 6.92. The molecule has 40 heavy (non-hydrogen) atoms. The van der Waals surface area contributed by atoms with E-state index >= 15 is 0 Å². The lowest BCUT2D eigenvalue weighted by Crippen LogP contribution is -2.27. The first-order chi connectivity index (χ1) is 19.1. The Morgan fingerprint density at radius 2 is 1.55 bits per heavy atom. The second-order valence-electron chi connectivity index (χ2n) is 9.14. The molecule has 4 aromatic rings. The molecule has 1 amide bonds. The Morgan fingerprint density at radius 1 is 0.900 bits per heavy atom. The molecule has 0 saturated carbocycles. The summed E-state index contributed by atoms with van der Waals surface area (Å²) in [5, 5.41) is 2.91. The largest absolute Gasteiger partial charge is 0.456 e. The second-order valence-corrected chi connectivity index (χ2v) is 9.14. The molecule has 206 valence electrons. The van der Waals surface area contributed by atoms with Crippen LogP contribution in [-0.4, -0.2) is 23.4 Å². The van der Waals surface area contributed by atoms with E-state index < -0.39 is 29.9 Å². The van der Waals surface area contributed by atoms with Gasteiger partial charge in [0.15, 0.2) is 0 Å². The molecule has 0 aliphatic rings.